The molecule has 2 atom stereocenters. The highest BCUT2D eigenvalue weighted by molar-refractivity contribution is 5.96. The van der Waals surface area contributed by atoms with Crippen molar-refractivity contribution in [3.05, 3.63) is 88.7 Å². The van der Waals surface area contributed by atoms with Crippen LogP contribution in [0, 0.1) is 0 Å². The van der Waals surface area contributed by atoms with E-state index in [-0.39, 0.29) is 23.4 Å². The predicted octanol–water partition coefficient (Wildman–Crippen LogP) is 6.97. The third kappa shape index (κ3) is 5.74. The fourth-order valence-electron chi connectivity index (χ4n) is 6.61. The van der Waals surface area contributed by atoms with Gasteiger partial charge in [0.2, 0.25) is 0 Å². The van der Waals surface area contributed by atoms with E-state index in [0.29, 0.717) is 50.9 Å². The summed E-state index contributed by atoms with van der Waals surface area (Å²) >= 11 is 0. The molecule has 2 saturated heterocycles. The molecule has 8 nitrogen and oxygen atoms in total. The van der Waals surface area contributed by atoms with Gasteiger partial charge >= 0.3 is 12.2 Å². The zero-order valence-electron chi connectivity index (χ0n) is 24.1. The molecule has 3 aliphatic rings. The predicted molar refractivity (Wildman–Crippen MR) is 152 cm³/mol. The van der Waals surface area contributed by atoms with Crippen LogP contribution >= 0.6 is 0 Å². The highest BCUT2D eigenvalue weighted by atomic mass is 19.4. The summed E-state index contributed by atoms with van der Waals surface area (Å²) in [5.74, 6) is -0.0876. The first-order chi connectivity index (χ1) is 20.6. The average molecular weight is 596 g/mol. The molecule has 1 N–H and O–H groups in total. The molecule has 3 heterocycles. The van der Waals surface area contributed by atoms with E-state index in [0.717, 1.165) is 35.2 Å². The third-order valence-corrected chi connectivity index (χ3v) is 9.09. The zero-order chi connectivity index (χ0) is 30.3. The molecule has 0 bridgehead atoms. The Morgan fingerprint density at radius 1 is 0.953 bits per heavy atom. The molecule has 11 heteroatoms. The van der Waals surface area contributed by atoms with E-state index in [1.165, 1.54) is 12.1 Å². The van der Waals surface area contributed by atoms with Gasteiger partial charge in [-0.05, 0) is 62.6 Å². The summed E-state index contributed by atoms with van der Waals surface area (Å²) < 4.78 is 43.4. The van der Waals surface area contributed by atoms with Crippen LogP contribution in [0.15, 0.2) is 60.8 Å². The van der Waals surface area contributed by atoms with Gasteiger partial charge in [-0.15, -0.1) is 0 Å². The molecule has 0 radical (unpaired) electrons. The van der Waals surface area contributed by atoms with E-state index in [2.05, 4.69) is 5.10 Å². The molecule has 0 spiro atoms. The maximum atomic E-state index is 13.9. The summed E-state index contributed by atoms with van der Waals surface area (Å²) in [7, 11) is 0. The van der Waals surface area contributed by atoms with Crippen molar-refractivity contribution in [3.63, 3.8) is 0 Å². The van der Waals surface area contributed by atoms with Crippen LogP contribution in [0.1, 0.15) is 102 Å². The number of alkyl halides is 3. The molecular weight excluding hydrogens is 559 g/mol. The normalized spacial score (nSPS) is 20.3. The van der Waals surface area contributed by atoms with Crippen LogP contribution in [0.3, 0.4) is 0 Å². The lowest BCUT2D eigenvalue weighted by molar-refractivity contribution is -0.138. The van der Waals surface area contributed by atoms with Crippen molar-refractivity contribution in [3.8, 4) is 0 Å². The van der Waals surface area contributed by atoms with E-state index in [4.69, 9.17) is 0 Å². The second-order valence-corrected chi connectivity index (χ2v) is 11.8. The number of benzene rings is 2. The van der Waals surface area contributed by atoms with Crippen LogP contribution in [-0.2, 0) is 6.18 Å². The Labute approximate surface area is 248 Å². The zero-order valence-corrected chi connectivity index (χ0v) is 24.1. The van der Waals surface area contributed by atoms with E-state index >= 15 is 0 Å². The van der Waals surface area contributed by atoms with Crippen LogP contribution in [0.5, 0.6) is 0 Å². The number of hydroxylamine groups is 2. The Morgan fingerprint density at radius 2 is 1.63 bits per heavy atom. The van der Waals surface area contributed by atoms with Gasteiger partial charge in [-0.2, -0.15) is 23.3 Å². The maximum Gasteiger partial charge on any atom is 0.416 e. The van der Waals surface area contributed by atoms with Gasteiger partial charge in [0.25, 0.3) is 5.91 Å². The van der Waals surface area contributed by atoms with Crippen molar-refractivity contribution >= 4 is 11.9 Å². The molecule has 3 aromatic rings. The SMILES string of the molecule is CC(c1ccccc1)N(O)C(=O)N1CCC(n2ncc(C(=O)N3CCCC3c3ccccc3C(F)(F)F)c2C2CC2)CC1. The molecule has 2 aliphatic heterocycles. The van der Waals surface area contributed by atoms with E-state index < -0.39 is 29.9 Å². The Morgan fingerprint density at radius 3 is 2.30 bits per heavy atom. The molecule has 1 saturated carbocycles. The molecule has 3 fully saturated rings. The van der Waals surface area contributed by atoms with E-state index in [1.807, 2.05) is 35.0 Å². The van der Waals surface area contributed by atoms with Gasteiger partial charge < -0.3 is 9.80 Å². The second kappa shape index (κ2) is 11.7. The number of hydrogen-bond acceptors (Lipinski definition) is 4. The number of aromatic nitrogens is 2. The number of halogens is 3. The molecule has 2 aromatic carbocycles. The van der Waals surface area contributed by atoms with Gasteiger partial charge in [-0.1, -0.05) is 48.5 Å². The smallest absolute Gasteiger partial charge is 0.331 e. The molecule has 6 rings (SSSR count). The summed E-state index contributed by atoms with van der Waals surface area (Å²) in [5, 5.41) is 16.1. The third-order valence-electron chi connectivity index (χ3n) is 9.09. The highest BCUT2D eigenvalue weighted by Crippen LogP contribution is 2.45. The van der Waals surface area contributed by atoms with E-state index in [1.54, 1.807) is 29.0 Å². The molecule has 2 unspecified atom stereocenters. The fourth-order valence-corrected chi connectivity index (χ4v) is 6.61. The topological polar surface area (TPSA) is 81.9 Å². The number of amides is 3. The Bertz CT molecular complexity index is 1460. The van der Waals surface area contributed by atoms with Crippen LogP contribution in [0.4, 0.5) is 18.0 Å². The summed E-state index contributed by atoms with van der Waals surface area (Å²) in [6.45, 7) is 3.02. The number of piperidine rings is 1. The number of likely N-dealkylation sites (tertiary alicyclic amines) is 2. The van der Waals surface area contributed by atoms with Gasteiger partial charge in [0, 0.05) is 25.6 Å². The van der Waals surface area contributed by atoms with E-state index in [9.17, 15) is 28.0 Å². The molecule has 1 aliphatic carbocycles. The van der Waals surface area contributed by atoms with Gasteiger partial charge in [-0.3, -0.25) is 14.7 Å². The lowest BCUT2D eigenvalue weighted by atomic mass is 9.97. The minimum Gasteiger partial charge on any atom is -0.331 e. The van der Waals surface area contributed by atoms with Crippen molar-refractivity contribution in [2.45, 2.75) is 75.7 Å². The minimum absolute atomic E-state index is 0.0276. The van der Waals surface area contributed by atoms with Crippen molar-refractivity contribution < 1.29 is 28.0 Å². The lowest BCUT2D eigenvalue weighted by Crippen LogP contribution is -2.46. The first-order valence-corrected chi connectivity index (χ1v) is 15.0. The van der Waals surface area contributed by atoms with Gasteiger partial charge in [0.05, 0.1) is 41.1 Å². The summed E-state index contributed by atoms with van der Waals surface area (Å²) in [5.41, 5.74) is 1.59. The largest absolute Gasteiger partial charge is 0.416 e. The molecule has 43 heavy (non-hydrogen) atoms. The first-order valence-electron chi connectivity index (χ1n) is 15.0. The maximum absolute atomic E-state index is 13.9. The van der Waals surface area contributed by atoms with Crippen molar-refractivity contribution in [2.24, 2.45) is 0 Å². The van der Waals surface area contributed by atoms with Crippen LogP contribution < -0.4 is 0 Å². The summed E-state index contributed by atoms with van der Waals surface area (Å²) in [6.07, 6.45) is 1.27. The molecule has 3 amide bonds. The van der Waals surface area contributed by atoms with Crippen molar-refractivity contribution in [2.75, 3.05) is 19.6 Å². The lowest BCUT2D eigenvalue weighted by Gasteiger charge is -2.36. The molecular formula is C32H36F3N5O3. The Kier molecular flexibility index (Phi) is 7.93. The van der Waals surface area contributed by atoms with Crippen LogP contribution in [0.25, 0.3) is 0 Å². The number of urea groups is 1. The number of carbonyl (C=O) groups excluding carboxylic acids is 2. The average Bonchev–Trinajstić information content (AvgIpc) is 3.57. The summed E-state index contributed by atoms with van der Waals surface area (Å²) in [6, 6.07) is 13.2. The molecule has 228 valence electrons. The second-order valence-electron chi connectivity index (χ2n) is 11.8. The highest BCUT2D eigenvalue weighted by Gasteiger charge is 2.42. The Hall–Kier alpha value is -3.86. The van der Waals surface area contributed by atoms with Crippen molar-refractivity contribution in [1.29, 1.82) is 0 Å². The summed E-state index contributed by atoms with van der Waals surface area (Å²) in [4.78, 5) is 30.2. The number of carbonyl (C=O) groups is 2. The number of nitrogens with zero attached hydrogens (tertiary/aromatic N) is 5. The fraction of sp³-hybridized carbons (Fsp3) is 0.469. The first kappa shape index (κ1) is 29.2. The van der Waals surface area contributed by atoms with Gasteiger partial charge in [0.1, 0.15) is 0 Å². The Balaban J connectivity index is 1.17. The van der Waals surface area contributed by atoms with Gasteiger partial charge in [-0.25, -0.2) is 4.79 Å². The number of rotatable bonds is 6. The van der Waals surface area contributed by atoms with Crippen LogP contribution in [-0.4, -0.2) is 61.4 Å². The minimum atomic E-state index is -4.50. The van der Waals surface area contributed by atoms with Crippen LogP contribution in [0.2, 0.25) is 0 Å². The van der Waals surface area contributed by atoms with Crippen molar-refractivity contribution in [1.82, 2.24) is 24.6 Å². The monoisotopic (exact) mass is 595 g/mol. The van der Waals surface area contributed by atoms with Gasteiger partial charge in [0.15, 0.2) is 0 Å². The quantitative estimate of drug-likeness (QED) is 0.247. The standard InChI is InChI=1S/C32H36F3N5O3/c1-21(22-8-3-2-4-9-22)40(43)31(42)37-18-15-24(16-19-37)39-29(23-13-14-23)26(20-36-39)30(41)38-17-7-12-28(38)25-10-5-6-11-27(25)32(33,34)35/h2-6,8-11,20-21,23-24,28,43H,7,12-19H2,1H3. The molecule has 1 aromatic heterocycles. The number of hydrogen-bond donors (Lipinski definition) is 1.